The van der Waals surface area contributed by atoms with Crippen LogP contribution < -0.4 is 15.5 Å². The quantitative estimate of drug-likeness (QED) is 0.797. The highest BCUT2D eigenvalue weighted by Gasteiger charge is 2.10. The zero-order chi connectivity index (χ0) is 12.1. The van der Waals surface area contributed by atoms with Gasteiger partial charge >= 0.3 is 0 Å². The molecule has 0 saturated heterocycles. The molecule has 0 aromatic carbocycles. The molecule has 0 spiro atoms. The Labute approximate surface area is 106 Å². The van der Waals surface area contributed by atoms with Gasteiger partial charge in [-0.15, -0.1) is 0 Å². The van der Waals surface area contributed by atoms with E-state index in [1.54, 1.807) is 11.5 Å². The summed E-state index contributed by atoms with van der Waals surface area (Å²) in [4.78, 5) is 3.47. The first-order valence-electron chi connectivity index (χ1n) is 5.16. The van der Waals surface area contributed by atoms with Crippen molar-refractivity contribution in [3.63, 3.8) is 0 Å². The number of nitrogens with one attached hydrogen (secondary N) is 2. The summed E-state index contributed by atoms with van der Waals surface area (Å²) in [5.41, 5.74) is 2.34. The lowest BCUT2D eigenvalue weighted by Gasteiger charge is -2.20. The Balaban J connectivity index is 2.47. The number of rotatable bonds is 4. The summed E-state index contributed by atoms with van der Waals surface area (Å²) in [6.07, 6.45) is 0. The SMILES string of the molecule is CNC(=S)NCCN(C)c1c(C)nsc1C. The van der Waals surface area contributed by atoms with Crippen molar-refractivity contribution in [3.05, 3.63) is 10.6 Å². The maximum absolute atomic E-state index is 5.01. The molecule has 90 valence electrons. The van der Waals surface area contributed by atoms with Gasteiger partial charge in [0.25, 0.3) is 0 Å². The monoisotopic (exact) mass is 258 g/mol. The van der Waals surface area contributed by atoms with Crippen molar-refractivity contribution in [2.45, 2.75) is 13.8 Å². The van der Waals surface area contributed by atoms with Crippen LogP contribution in [0, 0.1) is 13.8 Å². The van der Waals surface area contributed by atoms with Crippen LogP contribution in [0.25, 0.3) is 0 Å². The molecule has 16 heavy (non-hydrogen) atoms. The van der Waals surface area contributed by atoms with Crippen LogP contribution in [-0.4, -0.2) is 36.7 Å². The molecule has 0 aliphatic rings. The van der Waals surface area contributed by atoms with E-state index >= 15 is 0 Å². The van der Waals surface area contributed by atoms with E-state index < -0.39 is 0 Å². The van der Waals surface area contributed by atoms with Gasteiger partial charge in [0.15, 0.2) is 5.11 Å². The molecule has 2 N–H and O–H groups in total. The van der Waals surface area contributed by atoms with Crippen molar-refractivity contribution in [3.8, 4) is 0 Å². The van der Waals surface area contributed by atoms with Crippen molar-refractivity contribution in [2.24, 2.45) is 0 Å². The second-order valence-electron chi connectivity index (χ2n) is 3.60. The molecule has 0 radical (unpaired) electrons. The van der Waals surface area contributed by atoms with Crippen LogP contribution in [0.4, 0.5) is 5.69 Å². The summed E-state index contributed by atoms with van der Waals surface area (Å²) in [5, 5.41) is 6.70. The minimum Gasteiger partial charge on any atom is -0.370 e. The molecule has 0 amide bonds. The molecule has 1 rings (SSSR count). The number of anilines is 1. The summed E-state index contributed by atoms with van der Waals surface area (Å²) in [5.74, 6) is 0. The van der Waals surface area contributed by atoms with E-state index in [-0.39, 0.29) is 0 Å². The number of aryl methyl sites for hydroxylation is 2. The van der Waals surface area contributed by atoms with Crippen LogP contribution in [0.2, 0.25) is 0 Å². The van der Waals surface area contributed by atoms with Gasteiger partial charge in [0.05, 0.1) is 11.4 Å². The molecule has 0 unspecified atom stereocenters. The first-order valence-corrected chi connectivity index (χ1v) is 6.34. The number of likely N-dealkylation sites (N-methyl/N-ethyl adjacent to an activating group) is 1. The Morgan fingerprint density at radius 2 is 2.19 bits per heavy atom. The molecule has 0 aliphatic heterocycles. The zero-order valence-electron chi connectivity index (χ0n) is 10.1. The van der Waals surface area contributed by atoms with Crippen molar-refractivity contribution in [2.75, 3.05) is 32.1 Å². The normalized spacial score (nSPS) is 10.0. The standard InChI is InChI=1S/C10H18N4S2/c1-7-9(8(2)16-13-7)14(4)6-5-12-10(15)11-3/h5-6H2,1-4H3,(H2,11,12,15). The van der Waals surface area contributed by atoms with E-state index in [0.29, 0.717) is 5.11 Å². The Bertz CT molecular complexity index is 342. The van der Waals surface area contributed by atoms with E-state index in [9.17, 15) is 0 Å². The third kappa shape index (κ3) is 3.31. The number of nitrogens with zero attached hydrogens (tertiary/aromatic N) is 2. The number of thiocarbonyl (C=S) groups is 1. The third-order valence-corrected chi connectivity index (χ3v) is 3.52. The Hall–Kier alpha value is -0.880. The zero-order valence-corrected chi connectivity index (χ0v) is 11.8. The molecule has 1 aromatic rings. The van der Waals surface area contributed by atoms with Gasteiger partial charge in [-0.3, -0.25) is 0 Å². The van der Waals surface area contributed by atoms with Crippen LogP contribution in [0.1, 0.15) is 10.6 Å². The van der Waals surface area contributed by atoms with Crippen LogP contribution in [0.15, 0.2) is 0 Å². The summed E-state index contributed by atoms with van der Waals surface area (Å²) in [7, 11) is 3.89. The molecule has 0 fully saturated rings. The highest BCUT2D eigenvalue weighted by Crippen LogP contribution is 2.25. The Morgan fingerprint density at radius 3 is 2.69 bits per heavy atom. The van der Waals surface area contributed by atoms with Gasteiger partial charge in [-0.2, -0.15) is 4.37 Å². The first kappa shape index (κ1) is 13.2. The van der Waals surface area contributed by atoms with Gasteiger partial charge in [-0.25, -0.2) is 0 Å². The average Bonchev–Trinajstić information content (AvgIpc) is 2.58. The third-order valence-electron chi connectivity index (χ3n) is 2.34. The Morgan fingerprint density at radius 1 is 1.50 bits per heavy atom. The van der Waals surface area contributed by atoms with Crippen LogP contribution in [0.5, 0.6) is 0 Å². The molecular formula is C10H18N4S2. The predicted molar refractivity (Wildman–Crippen MR) is 74.5 cm³/mol. The minimum absolute atomic E-state index is 0.685. The van der Waals surface area contributed by atoms with Gasteiger partial charge < -0.3 is 15.5 Å². The van der Waals surface area contributed by atoms with Crippen LogP contribution >= 0.6 is 23.8 Å². The van der Waals surface area contributed by atoms with E-state index in [2.05, 4.69) is 33.9 Å². The smallest absolute Gasteiger partial charge is 0.166 e. The summed E-state index contributed by atoms with van der Waals surface area (Å²) in [6, 6.07) is 0. The van der Waals surface area contributed by atoms with Crippen molar-refractivity contribution in [1.29, 1.82) is 0 Å². The largest absolute Gasteiger partial charge is 0.370 e. The fraction of sp³-hybridized carbons (Fsp3) is 0.600. The van der Waals surface area contributed by atoms with E-state index in [1.165, 1.54) is 10.6 Å². The maximum atomic E-state index is 5.01. The molecule has 0 atom stereocenters. The Kier molecular flexibility index (Phi) is 4.95. The van der Waals surface area contributed by atoms with Gasteiger partial charge in [-0.05, 0) is 37.6 Å². The van der Waals surface area contributed by atoms with E-state index in [0.717, 1.165) is 18.8 Å². The molecule has 1 aromatic heterocycles. The lowest BCUT2D eigenvalue weighted by atomic mass is 10.3. The topological polar surface area (TPSA) is 40.2 Å². The first-order chi connectivity index (χ1) is 7.56. The molecule has 4 nitrogen and oxygen atoms in total. The second-order valence-corrected chi connectivity index (χ2v) is 4.99. The molecule has 6 heteroatoms. The van der Waals surface area contributed by atoms with Gasteiger partial charge in [0.2, 0.25) is 0 Å². The highest BCUT2D eigenvalue weighted by atomic mass is 32.1. The maximum Gasteiger partial charge on any atom is 0.166 e. The second kappa shape index (κ2) is 6.00. The summed E-state index contributed by atoms with van der Waals surface area (Å²) in [6.45, 7) is 5.87. The van der Waals surface area contributed by atoms with Crippen molar-refractivity contribution < 1.29 is 0 Å². The minimum atomic E-state index is 0.685. The molecule has 0 saturated carbocycles. The van der Waals surface area contributed by atoms with Crippen LogP contribution in [-0.2, 0) is 0 Å². The fourth-order valence-electron chi connectivity index (χ4n) is 1.56. The molecule has 0 aliphatic carbocycles. The summed E-state index contributed by atoms with van der Waals surface area (Å²) >= 11 is 6.56. The number of hydrogen-bond donors (Lipinski definition) is 2. The lowest BCUT2D eigenvalue weighted by Crippen LogP contribution is -2.37. The van der Waals surface area contributed by atoms with Gasteiger partial charge in [0, 0.05) is 32.1 Å². The highest BCUT2D eigenvalue weighted by molar-refractivity contribution is 7.80. The van der Waals surface area contributed by atoms with Crippen molar-refractivity contribution >= 4 is 34.6 Å². The molecule has 1 heterocycles. The molecular weight excluding hydrogens is 240 g/mol. The van der Waals surface area contributed by atoms with Gasteiger partial charge in [0.1, 0.15) is 0 Å². The number of hydrogen-bond acceptors (Lipinski definition) is 4. The number of aromatic nitrogens is 1. The summed E-state index contributed by atoms with van der Waals surface area (Å²) < 4.78 is 4.34. The average molecular weight is 258 g/mol. The predicted octanol–water partition coefficient (Wildman–Crippen LogP) is 1.29. The van der Waals surface area contributed by atoms with Crippen molar-refractivity contribution in [1.82, 2.24) is 15.0 Å². The lowest BCUT2D eigenvalue weighted by molar-refractivity contribution is 0.810. The van der Waals surface area contributed by atoms with E-state index in [4.69, 9.17) is 12.2 Å². The molecule has 0 bridgehead atoms. The van der Waals surface area contributed by atoms with Gasteiger partial charge in [-0.1, -0.05) is 0 Å². The van der Waals surface area contributed by atoms with Crippen LogP contribution in [0.3, 0.4) is 0 Å². The van der Waals surface area contributed by atoms with E-state index in [1.807, 2.05) is 14.0 Å². The fourth-order valence-corrected chi connectivity index (χ4v) is 2.41.